The maximum absolute atomic E-state index is 12.8. The molecule has 24 heavy (non-hydrogen) atoms. The fourth-order valence-electron chi connectivity index (χ4n) is 2.94. The van der Waals surface area contributed by atoms with E-state index in [0.717, 1.165) is 5.56 Å². The molecule has 0 aliphatic carbocycles. The normalized spacial score (nSPS) is 20.6. The second kappa shape index (κ2) is 6.84. The van der Waals surface area contributed by atoms with Crippen molar-refractivity contribution in [2.75, 3.05) is 13.1 Å². The Labute approximate surface area is 140 Å². The first-order valence-corrected chi connectivity index (χ1v) is 7.87. The zero-order chi connectivity index (χ0) is 17.1. The van der Waals surface area contributed by atoms with Crippen molar-refractivity contribution in [3.63, 3.8) is 0 Å². The zero-order valence-electron chi connectivity index (χ0n) is 13.4. The van der Waals surface area contributed by atoms with Gasteiger partial charge in [-0.15, -0.1) is 0 Å². The van der Waals surface area contributed by atoms with Crippen LogP contribution in [0.5, 0.6) is 0 Å². The molecule has 0 saturated carbocycles. The van der Waals surface area contributed by atoms with E-state index in [0.29, 0.717) is 18.7 Å². The summed E-state index contributed by atoms with van der Waals surface area (Å²) in [6, 6.07) is 15.9. The first kappa shape index (κ1) is 16.2. The van der Waals surface area contributed by atoms with Crippen LogP contribution in [0.3, 0.4) is 0 Å². The van der Waals surface area contributed by atoms with Crippen molar-refractivity contribution in [1.29, 1.82) is 0 Å². The smallest absolute Gasteiger partial charge is 0.335 e. The van der Waals surface area contributed by atoms with Gasteiger partial charge in [0.1, 0.15) is 6.10 Å². The molecular formula is C19H19NO4. The van der Waals surface area contributed by atoms with Gasteiger partial charge in [-0.3, -0.25) is 4.79 Å². The number of aromatic carboxylic acids is 1. The number of hydrogen-bond donors (Lipinski definition) is 1. The number of amides is 1. The average molecular weight is 325 g/mol. The number of morpholine rings is 1. The maximum Gasteiger partial charge on any atom is 0.335 e. The van der Waals surface area contributed by atoms with Gasteiger partial charge in [0.05, 0.1) is 18.2 Å². The molecule has 124 valence electrons. The third kappa shape index (κ3) is 3.46. The van der Waals surface area contributed by atoms with Crippen LogP contribution >= 0.6 is 0 Å². The number of benzene rings is 2. The number of hydrogen-bond acceptors (Lipinski definition) is 3. The van der Waals surface area contributed by atoms with E-state index in [1.165, 1.54) is 12.1 Å². The summed E-state index contributed by atoms with van der Waals surface area (Å²) in [7, 11) is 0. The number of carbonyl (C=O) groups excluding carboxylic acids is 1. The Morgan fingerprint density at radius 2 is 1.75 bits per heavy atom. The van der Waals surface area contributed by atoms with Gasteiger partial charge in [-0.2, -0.15) is 0 Å². The Balaban J connectivity index is 1.81. The van der Waals surface area contributed by atoms with Gasteiger partial charge < -0.3 is 14.7 Å². The molecule has 0 radical (unpaired) electrons. The zero-order valence-corrected chi connectivity index (χ0v) is 13.4. The highest BCUT2D eigenvalue weighted by atomic mass is 16.5. The van der Waals surface area contributed by atoms with E-state index in [4.69, 9.17) is 9.84 Å². The van der Waals surface area contributed by atoms with Gasteiger partial charge in [-0.1, -0.05) is 36.4 Å². The summed E-state index contributed by atoms with van der Waals surface area (Å²) in [6.07, 6.45) is -0.267. The molecule has 0 aromatic heterocycles. The van der Waals surface area contributed by atoms with Crippen molar-refractivity contribution in [2.24, 2.45) is 0 Å². The molecule has 5 nitrogen and oxygen atoms in total. The minimum Gasteiger partial charge on any atom is -0.478 e. The summed E-state index contributed by atoms with van der Waals surface area (Å²) in [5, 5.41) is 9.09. The lowest BCUT2D eigenvalue weighted by Gasteiger charge is -2.37. The number of rotatable bonds is 3. The fourth-order valence-corrected chi connectivity index (χ4v) is 2.94. The molecule has 2 aromatic rings. The van der Waals surface area contributed by atoms with Crippen LogP contribution in [-0.4, -0.2) is 41.1 Å². The first-order valence-electron chi connectivity index (χ1n) is 7.87. The minimum atomic E-state index is -1.04. The summed E-state index contributed by atoms with van der Waals surface area (Å²) in [5.41, 5.74) is 1.53. The quantitative estimate of drug-likeness (QED) is 0.942. The molecule has 1 amide bonds. The highest BCUT2D eigenvalue weighted by Crippen LogP contribution is 2.26. The third-order valence-corrected chi connectivity index (χ3v) is 4.08. The van der Waals surface area contributed by atoms with Crippen molar-refractivity contribution in [2.45, 2.75) is 19.1 Å². The van der Waals surface area contributed by atoms with E-state index in [2.05, 4.69) is 0 Å². The molecule has 1 aliphatic heterocycles. The van der Waals surface area contributed by atoms with Crippen molar-refractivity contribution in [3.05, 3.63) is 71.3 Å². The van der Waals surface area contributed by atoms with E-state index >= 15 is 0 Å². The van der Waals surface area contributed by atoms with Crippen molar-refractivity contribution < 1.29 is 19.4 Å². The van der Waals surface area contributed by atoms with Gasteiger partial charge in [0.25, 0.3) is 5.91 Å². The number of nitrogens with zero attached hydrogens (tertiary/aromatic N) is 1. The van der Waals surface area contributed by atoms with E-state index in [1.807, 2.05) is 37.3 Å². The number of carboxylic acid groups (broad SMARTS) is 1. The second-order valence-corrected chi connectivity index (χ2v) is 5.94. The molecule has 1 fully saturated rings. The van der Waals surface area contributed by atoms with Crippen molar-refractivity contribution in [1.82, 2.24) is 4.90 Å². The fraction of sp³-hybridized carbons (Fsp3) is 0.263. The standard InChI is InChI=1S/C19H19NO4/c1-13-11-20(12-17(24-13)14-6-3-2-4-7-14)18(21)15-8-5-9-16(10-15)19(22)23/h2-10,13,17H,11-12H2,1H3,(H,22,23)/t13-,17+/m1/s1. The van der Waals surface area contributed by atoms with Gasteiger partial charge in [-0.25, -0.2) is 4.79 Å². The van der Waals surface area contributed by atoms with Crippen LogP contribution in [0.1, 0.15) is 39.3 Å². The van der Waals surface area contributed by atoms with Crippen LogP contribution in [0.2, 0.25) is 0 Å². The van der Waals surface area contributed by atoms with Crippen LogP contribution in [0.4, 0.5) is 0 Å². The molecule has 1 heterocycles. The third-order valence-electron chi connectivity index (χ3n) is 4.08. The molecule has 5 heteroatoms. The molecule has 0 unspecified atom stereocenters. The minimum absolute atomic E-state index is 0.0874. The molecule has 1 aliphatic rings. The topological polar surface area (TPSA) is 66.8 Å². The molecule has 0 bridgehead atoms. The number of ether oxygens (including phenoxy) is 1. The summed E-state index contributed by atoms with van der Waals surface area (Å²) < 4.78 is 5.96. The van der Waals surface area contributed by atoms with E-state index in [1.54, 1.807) is 17.0 Å². The Bertz CT molecular complexity index is 744. The summed E-state index contributed by atoms with van der Waals surface area (Å²) >= 11 is 0. The number of carbonyl (C=O) groups is 2. The predicted octanol–water partition coefficient (Wildman–Crippen LogP) is 2.99. The number of carboxylic acids is 1. The summed E-state index contributed by atoms with van der Waals surface area (Å²) in [5.74, 6) is -1.21. The Kier molecular flexibility index (Phi) is 4.62. The van der Waals surface area contributed by atoms with Crippen LogP contribution in [0.25, 0.3) is 0 Å². The molecule has 3 rings (SSSR count). The predicted molar refractivity (Wildman–Crippen MR) is 89.0 cm³/mol. The molecular weight excluding hydrogens is 306 g/mol. The first-order chi connectivity index (χ1) is 11.5. The maximum atomic E-state index is 12.8. The van der Waals surface area contributed by atoms with Gasteiger partial charge in [0.15, 0.2) is 0 Å². The molecule has 1 saturated heterocycles. The molecule has 2 aromatic carbocycles. The van der Waals surface area contributed by atoms with Crippen LogP contribution in [-0.2, 0) is 4.74 Å². The van der Waals surface area contributed by atoms with Crippen LogP contribution in [0.15, 0.2) is 54.6 Å². The van der Waals surface area contributed by atoms with Crippen molar-refractivity contribution in [3.8, 4) is 0 Å². The second-order valence-electron chi connectivity index (χ2n) is 5.94. The van der Waals surface area contributed by atoms with E-state index in [9.17, 15) is 9.59 Å². The highest BCUT2D eigenvalue weighted by molar-refractivity contribution is 5.97. The highest BCUT2D eigenvalue weighted by Gasteiger charge is 2.30. The summed E-state index contributed by atoms with van der Waals surface area (Å²) in [6.45, 7) is 2.87. The Morgan fingerprint density at radius 3 is 2.46 bits per heavy atom. The van der Waals surface area contributed by atoms with Gasteiger partial charge >= 0.3 is 5.97 Å². The SMILES string of the molecule is C[C@@H]1CN(C(=O)c2cccc(C(=O)O)c2)C[C@@H](c2ccccc2)O1. The molecule has 0 spiro atoms. The van der Waals surface area contributed by atoms with Gasteiger partial charge in [-0.05, 0) is 30.7 Å². The Morgan fingerprint density at radius 1 is 1.04 bits per heavy atom. The lowest BCUT2D eigenvalue weighted by Crippen LogP contribution is -2.46. The van der Waals surface area contributed by atoms with Crippen LogP contribution in [0, 0.1) is 0 Å². The monoisotopic (exact) mass is 325 g/mol. The van der Waals surface area contributed by atoms with Gasteiger partial charge in [0, 0.05) is 12.1 Å². The average Bonchev–Trinajstić information content (AvgIpc) is 2.61. The largest absolute Gasteiger partial charge is 0.478 e. The molecule has 1 N–H and O–H groups in total. The van der Waals surface area contributed by atoms with Gasteiger partial charge in [0.2, 0.25) is 0 Å². The Hall–Kier alpha value is -2.66. The molecule has 2 atom stereocenters. The van der Waals surface area contributed by atoms with Crippen LogP contribution < -0.4 is 0 Å². The van der Waals surface area contributed by atoms with Crippen molar-refractivity contribution >= 4 is 11.9 Å². The lowest BCUT2D eigenvalue weighted by molar-refractivity contribution is -0.0691. The summed E-state index contributed by atoms with van der Waals surface area (Å²) in [4.78, 5) is 25.6. The van der Waals surface area contributed by atoms with E-state index in [-0.39, 0.29) is 23.7 Å². The lowest BCUT2D eigenvalue weighted by atomic mass is 10.0. The van der Waals surface area contributed by atoms with E-state index < -0.39 is 5.97 Å².